The fourth-order valence-corrected chi connectivity index (χ4v) is 4.83. The van der Waals surface area contributed by atoms with Gasteiger partial charge in [-0.15, -0.1) is 0 Å². The third kappa shape index (κ3) is 3.02. The summed E-state index contributed by atoms with van der Waals surface area (Å²) in [4.78, 5) is 21.1. The van der Waals surface area contributed by atoms with Gasteiger partial charge in [0.25, 0.3) is 0 Å². The lowest BCUT2D eigenvalue weighted by atomic mass is 9.86. The maximum atomic E-state index is 14.2. The van der Waals surface area contributed by atoms with Crippen molar-refractivity contribution in [2.24, 2.45) is 0 Å². The highest BCUT2D eigenvalue weighted by Crippen LogP contribution is 2.36. The lowest BCUT2D eigenvalue weighted by Crippen LogP contribution is -2.68. The Morgan fingerprint density at radius 3 is 2.74 bits per heavy atom. The first kappa shape index (κ1) is 18.3. The second-order valence-corrected chi connectivity index (χ2v) is 8.24. The number of aromatic amines is 1. The lowest BCUT2D eigenvalue weighted by molar-refractivity contribution is -0.00954. The Hall–Kier alpha value is -3.52. The molecule has 8 heteroatoms. The largest absolute Gasteiger partial charge is 0.505 e. The summed E-state index contributed by atoms with van der Waals surface area (Å²) in [6.07, 6.45) is 6.40. The molecule has 31 heavy (non-hydrogen) atoms. The Bertz CT molecular complexity index is 1240. The summed E-state index contributed by atoms with van der Waals surface area (Å²) in [5.41, 5.74) is 3.19. The number of benzene rings is 1. The van der Waals surface area contributed by atoms with Crippen LogP contribution >= 0.6 is 0 Å². The fourth-order valence-electron chi connectivity index (χ4n) is 4.83. The number of hydrogen-bond acceptors (Lipinski definition) is 6. The standard InChI is InChI=1S/C23H21FN6O/c24-21-15(2-1-3-19(21)31)10-30-16-8-17(30)12-29(11-16)20-5-4-14(9-26-20)22-18-6-7-25-23(18)28-13-27-22/h1-7,9,13,16-17,31H,8,10-12H2,(H,25,27,28). The van der Waals surface area contributed by atoms with Crippen LogP contribution in [0.5, 0.6) is 5.75 Å². The minimum Gasteiger partial charge on any atom is -0.505 e. The van der Waals surface area contributed by atoms with Crippen molar-refractivity contribution >= 4 is 16.9 Å². The normalized spacial score (nSPS) is 20.7. The first-order chi connectivity index (χ1) is 15.2. The summed E-state index contributed by atoms with van der Waals surface area (Å²) in [6.45, 7) is 2.24. The molecule has 3 aliphatic heterocycles. The molecule has 0 aliphatic carbocycles. The highest BCUT2D eigenvalue weighted by Gasteiger charge is 2.44. The molecule has 3 aliphatic rings. The third-order valence-corrected chi connectivity index (χ3v) is 6.45. The van der Waals surface area contributed by atoms with Crippen LogP contribution in [0.15, 0.2) is 55.1 Å². The second kappa shape index (κ2) is 7.02. The number of piperazine rings is 1. The number of pyridine rings is 1. The van der Waals surface area contributed by atoms with Crippen molar-refractivity contribution in [1.29, 1.82) is 0 Å². The summed E-state index contributed by atoms with van der Waals surface area (Å²) in [5, 5.41) is 10.6. The van der Waals surface area contributed by atoms with E-state index in [-0.39, 0.29) is 5.75 Å². The average Bonchev–Trinajstić information content (AvgIpc) is 3.29. The minimum absolute atomic E-state index is 0.283. The van der Waals surface area contributed by atoms with Crippen molar-refractivity contribution in [3.8, 4) is 17.0 Å². The summed E-state index contributed by atoms with van der Waals surface area (Å²) in [5.74, 6) is 0.151. The Morgan fingerprint density at radius 1 is 1.06 bits per heavy atom. The number of nitrogens with one attached hydrogen (secondary N) is 1. The van der Waals surface area contributed by atoms with Gasteiger partial charge in [0.15, 0.2) is 11.6 Å². The van der Waals surface area contributed by atoms with Crippen molar-refractivity contribution in [2.45, 2.75) is 25.0 Å². The number of aromatic nitrogens is 4. The predicted octanol–water partition coefficient (Wildman–Crippen LogP) is 3.33. The Morgan fingerprint density at radius 2 is 1.94 bits per heavy atom. The summed E-state index contributed by atoms with van der Waals surface area (Å²) in [6, 6.07) is 11.6. The van der Waals surface area contributed by atoms with Crippen LogP contribution in [0, 0.1) is 5.82 Å². The summed E-state index contributed by atoms with van der Waals surface area (Å²) < 4.78 is 14.2. The molecular formula is C23H21FN6O. The molecule has 4 aromatic rings. The Kier molecular flexibility index (Phi) is 4.14. The van der Waals surface area contributed by atoms with Crippen molar-refractivity contribution in [3.63, 3.8) is 0 Å². The van der Waals surface area contributed by atoms with Crippen LogP contribution in [0.25, 0.3) is 22.3 Å². The number of anilines is 1. The topological polar surface area (TPSA) is 81.2 Å². The van der Waals surface area contributed by atoms with E-state index in [0.717, 1.165) is 47.6 Å². The molecule has 1 aromatic carbocycles. The van der Waals surface area contributed by atoms with Crippen LogP contribution in [0.3, 0.4) is 0 Å². The molecule has 2 N–H and O–H groups in total. The number of nitrogens with zero attached hydrogens (tertiary/aromatic N) is 5. The molecule has 0 spiro atoms. The van der Waals surface area contributed by atoms with E-state index in [4.69, 9.17) is 4.98 Å². The van der Waals surface area contributed by atoms with E-state index in [2.05, 4.69) is 30.8 Å². The number of halogens is 1. The molecule has 0 amide bonds. The number of aromatic hydroxyl groups is 1. The van der Waals surface area contributed by atoms with Crippen LogP contribution in [-0.2, 0) is 6.54 Å². The molecule has 7 rings (SSSR count). The van der Waals surface area contributed by atoms with Crippen LogP contribution in [0.2, 0.25) is 0 Å². The fraction of sp³-hybridized carbons (Fsp3) is 0.261. The van der Waals surface area contributed by atoms with E-state index in [0.29, 0.717) is 24.2 Å². The van der Waals surface area contributed by atoms with Crippen LogP contribution in [0.4, 0.5) is 10.2 Å². The molecular weight excluding hydrogens is 395 g/mol. The Balaban J connectivity index is 1.17. The molecule has 3 fully saturated rings. The van der Waals surface area contributed by atoms with Crippen LogP contribution < -0.4 is 4.90 Å². The maximum absolute atomic E-state index is 14.2. The number of hydrogen-bond donors (Lipinski definition) is 2. The van der Waals surface area contributed by atoms with E-state index < -0.39 is 5.82 Å². The number of H-pyrrole nitrogens is 1. The molecule has 156 valence electrons. The lowest BCUT2D eigenvalue weighted by Gasteiger charge is -2.56. The first-order valence-corrected chi connectivity index (χ1v) is 10.4. The van der Waals surface area contributed by atoms with Crippen LogP contribution in [-0.4, -0.2) is 55.1 Å². The zero-order valence-corrected chi connectivity index (χ0v) is 16.7. The minimum atomic E-state index is -0.511. The number of piperidine rings is 1. The van der Waals surface area contributed by atoms with Gasteiger partial charge in [-0.25, -0.2) is 19.3 Å². The summed E-state index contributed by atoms with van der Waals surface area (Å²) >= 11 is 0. The van der Waals surface area contributed by atoms with Crippen molar-refractivity contribution in [1.82, 2.24) is 24.8 Å². The molecule has 2 unspecified atom stereocenters. The monoisotopic (exact) mass is 416 g/mol. The van der Waals surface area contributed by atoms with E-state index in [1.54, 1.807) is 18.5 Å². The second-order valence-electron chi connectivity index (χ2n) is 8.24. The molecule has 3 aromatic heterocycles. The van der Waals surface area contributed by atoms with E-state index in [1.807, 2.05) is 24.5 Å². The van der Waals surface area contributed by atoms with Crippen molar-refractivity contribution in [2.75, 3.05) is 18.0 Å². The zero-order chi connectivity index (χ0) is 20.9. The number of fused-ring (bicyclic) bond motifs is 3. The highest BCUT2D eigenvalue weighted by atomic mass is 19.1. The van der Waals surface area contributed by atoms with Crippen molar-refractivity contribution < 1.29 is 9.50 Å². The molecule has 6 heterocycles. The van der Waals surface area contributed by atoms with E-state index in [9.17, 15) is 9.50 Å². The van der Waals surface area contributed by atoms with Gasteiger partial charge < -0.3 is 15.0 Å². The quantitative estimate of drug-likeness (QED) is 0.531. The molecule has 3 saturated heterocycles. The Labute approximate surface area is 178 Å². The average molecular weight is 416 g/mol. The number of phenols is 1. The first-order valence-electron chi connectivity index (χ1n) is 10.4. The van der Waals surface area contributed by atoms with Crippen LogP contribution in [0.1, 0.15) is 12.0 Å². The van der Waals surface area contributed by atoms with Crippen molar-refractivity contribution in [3.05, 3.63) is 66.5 Å². The number of phenolic OH excluding ortho intramolecular Hbond substituents is 1. The molecule has 0 saturated carbocycles. The third-order valence-electron chi connectivity index (χ3n) is 6.45. The van der Waals surface area contributed by atoms with Gasteiger partial charge in [-0.05, 0) is 30.7 Å². The van der Waals surface area contributed by atoms with E-state index in [1.165, 1.54) is 6.07 Å². The van der Waals surface area contributed by atoms with Gasteiger partial charge in [0.2, 0.25) is 0 Å². The number of rotatable bonds is 4. The predicted molar refractivity (Wildman–Crippen MR) is 115 cm³/mol. The van der Waals surface area contributed by atoms with Gasteiger partial charge in [0.05, 0.1) is 5.69 Å². The smallest absolute Gasteiger partial charge is 0.169 e. The molecule has 0 radical (unpaired) electrons. The van der Waals surface area contributed by atoms with Gasteiger partial charge >= 0.3 is 0 Å². The molecule has 2 atom stereocenters. The van der Waals surface area contributed by atoms with Gasteiger partial charge in [-0.3, -0.25) is 4.90 Å². The highest BCUT2D eigenvalue weighted by molar-refractivity contribution is 5.90. The van der Waals surface area contributed by atoms with Gasteiger partial charge in [-0.2, -0.15) is 0 Å². The van der Waals surface area contributed by atoms with Gasteiger partial charge in [0.1, 0.15) is 17.8 Å². The molecule has 2 bridgehead atoms. The SMILES string of the molecule is Oc1cccc(CN2C3CC2CN(c2ccc(-c4ncnc5[nH]ccc45)cn2)C3)c1F. The molecule has 7 nitrogen and oxygen atoms in total. The maximum Gasteiger partial charge on any atom is 0.169 e. The zero-order valence-electron chi connectivity index (χ0n) is 16.7. The van der Waals surface area contributed by atoms with Gasteiger partial charge in [0, 0.05) is 60.6 Å². The van der Waals surface area contributed by atoms with E-state index >= 15 is 0 Å². The van der Waals surface area contributed by atoms with Gasteiger partial charge in [-0.1, -0.05) is 12.1 Å². The summed E-state index contributed by atoms with van der Waals surface area (Å²) in [7, 11) is 0.